The standard InChI is InChI=1S/C25H31BrN4O/c1-4-29(18(2)3)25(31)19-9-8-14-28(16-19)17-24-27-22-12-5-6-13-23(22)30(24)21-11-7-10-20(26)15-21/h5-7,10-13,15,18-19H,4,8-9,14,16-17H2,1-3H3/t19-/m1/s1. The number of nitrogens with zero attached hydrogens (tertiary/aromatic N) is 4. The lowest BCUT2D eigenvalue weighted by Gasteiger charge is -2.36. The molecule has 1 fully saturated rings. The van der Waals surface area contributed by atoms with E-state index in [1.807, 2.05) is 17.0 Å². The Labute approximate surface area is 193 Å². The number of aromatic nitrogens is 2. The van der Waals surface area contributed by atoms with E-state index in [0.717, 1.165) is 66.0 Å². The van der Waals surface area contributed by atoms with Crippen molar-refractivity contribution < 1.29 is 4.79 Å². The number of likely N-dealkylation sites (tertiary alicyclic amines) is 1. The topological polar surface area (TPSA) is 41.4 Å². The highest BCUT2D eigenvalue weighted by Crippen LogP contribution is 2.26. The maximum absolute atomic E-state index is 13.1. The zero-order valence-electron chi connectivity index (χ0n) is 18.6. The van der Waals surface area contributed by atoms with Gasteiger partial charge >= 0.3 is 0 Å². The highest BCUT2D eigenvalue weighted by Gasteiger charge is 2.30. The largest absolute Gasteiger partial charge is 0.340 e. The summed E-state index contributed by atoms with van der Waals surface area (Å²) in [5.41, 5.74) is 3.20. The van der Waals surface area contributed by atoms with Gasteiger partial charge in [-0.2, -0.15) is 0 Å². The summed E-state index contributed by atoms with van der Waals surface area (Å²) in [6, 6.07) is 16.9. The van der Waals surface area contributed by atoms with Gasteiger partial charge < -0.3 is 4.90 Å². The summed E-state index contributed by atoms with van der Waals surface area (Å²) in [7, 11) is 0. The molecule has 2 heterocycles. The van der Waals surface area contributed by atoms with Crippen LogP contribution in [-0.2, 0) is 11.3 Å². The summed E-state index contributed by atoms with van der Waals surface area (Å²) in [6.07, 6.45) is 2.02. The van der Waals surface area contributed by atoms with Gasteiger partial charge in [-0.1, -0.05) is 34.1 Å². The summed E-state index contributed by atoms with van der Waals surface area (Å²) in [4.78, 5) is 22.5. The summed E-state index contributed by atoms with van der Waals surface area (Å²) < 4.78 is 3.29. The molecule has 5 nitrogen and oxygen atoms in total. The van der Waals surface area contributed by atoms with Crippen LogP contribution in [-0.4, -0.2) is 50.9 Å². The van der Waals surface area contributed by atoms with Gasteiger partial charge in [-0.25, -0.2) is 4.98 Å². The number of para-hydroxylation sites is 2. The maximum Gasteiger partial charge on any atom is 0.227 e. The molecule has 0 bridgehead atoms. The zero-order chi connectivity index (χ0) is 22.0. The fraction of sp³-hybridized carbons (Fsp3) is 0.440. The van der Waals surface area contributed by atoms with Crippen LogP contribution in [0.1, 0.15) is 39.4 Å². The highest BCUT2D eigenvalue weighted by molar-refractivity contribution is 9.10. The summed E-state index contributed by atoms with van der Waals surface area (Å²) in [5.74, 6) is 1.38. The van der Waals surface area contributed by atoms with E-state index in [4.69, 9.17) is 4.98 Å². The summed E-state index contributed by atoms with van der Waals surface area (Å²) >= 11 is 3.60. The Balaban J connectivity index is 1.61. The van der Waals surface area contributed by atoms with Crippen molar-refractivity contribution in [2.75, 3.05) is 19.6 Å². The van der Waals surface area contributed by atoms with Crippen molar-refractivity contribution in [1.82, 2.24) is 19.4 Å². The van der Waals surface area contributed by atoms with Gasteiger partial charge in [0, 0.05) is 29.3 Å². The minimum Gasteiger partial charge on any atom is -0.340 e. The van der Waals surface area contributed by atoms with Crippen LogP contribution in [0.2, 0.25) is 0 Å². The van der Waals surface area contributed by atoms with E-state index in [1.54, 1.807) is 0 Å². The van der Waals surface area contributed by atoms with E-state index in [0.29, 0.717) is 5.91 Å². The number of rotatable bonds is 6. The predicted molar refractivity (Wildman–Crippen MR) is 129 cm³/mol. The average molecular weight is 483 g/mol. The molecule has 0 saturated carbocycles. The first-order chi connectivity index (χ1) is 15.0. The van der Waals surface area contributed by atoms with Gasteiger partial charge in [0.25, 0.3) is 0 Å². The molecule has 0 radical (unpaired) electrons. The third-order valence-electron chi connectivity index (χ3n) is 6.16. The van der Waals surface area contributed by atoms with Crippen molar-refractivity contribution in [2.24, 2.45) is 5.92 Å². The molecule has 0 unspecified atom stereocenters. The molecular weight excluding hydrogens is 452 g/mol. The number of piperidine rings is 1. The molecule has 1 amide bonds. The van der Waals surface area contributed by atoms with E-state index < -0.39 is 0 Å². The molecule has 0 spiro atoms. The van der Waals surface area contributed by atoms with E-state index in [-0.39, 0.29) is 12.0 Å². The number of halogens is 1. The number of benzene rings is 2. The fourth-order valence-electron chi connectivity index (χ4n) is 4.70. The van der Waals surface area contributed by atoms with Crippen molar-refractivity contribution in [3.05, 3.63) is 58.8 Å². The number of hydrogen-bond acceptors (Lipinski definition) is 3. The highest BCUT2D eigenvalue weighted by atomic mass is 79.9. The molecule has 2 aromatic carbocycles. The lowest BCUT2D eigenvalue weighted by Crippen LogP contribution is -2.46. The first-order valence-electron chi connectivity index (χ1n) is 11.2. The van der Waals surface area contributed by atoms with E-state index >= 15 is 0 Å². The van der Waals surface area contributed by atoms with Gasteiger partial charge in [0.2, 0.25) is 5.91 Å². The Morgan fingerprint density at radius 2 is 2.03 bits per heavy atom. The van der Waals surface area contributed by atoms with E-state index in [9.17, 15) is 4.79 Å². The molecule has 1 saturated heterocycles. The predicted octanol–water partition coefficient (Wildman–Crippen LogP) is 5.26. The number of carbonyl (C=O) groups is 1. The Morgan fingerprint density at radius 1 is 1.23 bits per heavy atom. The summed E-state index contributed by atoms with van der Waals surface area (Å²) in [5, 5.41) is 0. The van der Waals surface area contributed by atoms with Gasteiger partial charge in [-0.05, 0) is 70.5 Å². The molecule has 4 rings (SSSR count). The molecular formula is C25H31BrN4O. The van der Waals surface area contributed by atoms with Crippen LogP contribution in [0.5, 0.6) is 0 Å². The monoisotopic (exact) mass is 482 g/mol. The quantitative estimate of drug-likeness (QED) is 0.481. The van der Waals surface area contributed by atoms with Crippen LogP contribution in [0.25, 0.3) is 16.7 Å². The SMILES string of the molecule is CCN(C(=O)[C@@H]1CCCN(Cc2nc3ccccc3n2-c2cccc(Br)c2)C1)C(C)C. The summed E-state index contributed by atoms with van der Waals surface area (Å²) in [6.45, 7) is 9.57. The number of carbonyl (C=O) groups excluding carboxylic acids is 1. The molecule has 31 heavy (non-hydrogen) atoms. The molecule has 1 aliphatic rings. The van der Waals surface area contributed by atoms with Crippen molar-refractivity contribution in [3.8, 4) is 5.69 Å². The van der Waals surface area contributed by atoms with E-state index in [1.165, 1.54) is 0 Å². The Hall–Kier alpha value is -2.18. The van der Waals surface area contributed by atoms with E-state index in [2.05, 4.69) is 82.6 Å². The molecule has 164 valence electrons. The second-order valence-corrected chi connectivity index (χ2v) is 9.54. The number of imidazole rings is 1. The number of fused-ring (bicyclic) bond motifs is 1. The van der Waals surface area contributed by atoms with Crippen LogP contribution < -0.4 is 0 Å². The Bertz CT molecular complexity index is 1060. The van der Waals surface area contributed by atoms with Crippen LogP contribution in [0.15, 0.2) is 53.0 Å². The first-order valence-corrected chi connectivity index (χ1v) is 12.0. The molecule has 6 heteroatoms. The van der Waals surface area contributed by atoms with Gasteiger partial charge in [-0.3, -0.25) is 14.3 Å². The first kappa shape index (κ1) is 22.0. The second kappa shape index (κ2) is 9.53. The van der Waals surface area contributed by atoms with Crippen LogP contribution in [0, 0.1) is 5.92 Å². The van der Waals surface area contributed by atoms with Gasteiger partial charge in [0.05, 0.1) is 23.5 Å². The van der Waals surface area contributed by atoms with Gasteiger partial charge in [0.1, 0.15) is 5.82 Å². The third kappa shape index (κ3) is 4.70. The van der Waals surface area contributed by atoms with Crippen LogP contribution >= 0.6 is 15.9 Å². The minimum absolute atomic E-state index is 0.0693. The minimum atomic E-state index is 0.0693. The molecule has 1 atom stereocenters. The fourth-order valence-corrected chi connectivity index (χ4v) is 5.08. The Morgan fingerprint density at radius 3 is 2.77 bits per heavy atom. The van der Waals surface area contributed by atoms with Crippen molar-refractivity contribution >= 4 is 32.9 Å². The second-order valence-electron chi connectivity index (χ2n) is 8.62. The molecule has 0 aliphatic carbocycles. The Kier molecular flexibility index (Phi) is 6.77. The average Bonchev–Trinajstić information content (AvgIpc) is 3.12. The molecule has 0 N–H and O–H groups in total. The molecule has 3 aromatic rings. The number of amides is 1. The normalized spacial score (nSPS) is 17.4. The maximum atomic E-state index is 13.1. The van der Waals surface area contributed by atoms with Crippen LogP contribution in [0.4, 0.5) is 0 Å². The lowest BCUT2D eigenvalue weighted by molar-refractivity contribution is -0.139. The van der Waals surface area contributed by atoms with Crippen molar-refractivity contribution in [2.45, 2.75) is 46.2 Å². The molecule has 1 aliphatic heterocycles. The van der Waals surface area contributed by atoms with Gasteiger partial charge in [-0.15, -0.1) is 0 Å². The lowest BCUT2D eigenvalue weighted by atomic mass is 9.96. The van der Waals surface area contributed by atoms with Crippen LogP contribution in [0.3, 0.4) is 0 Å². The van der Waals surface area contributed by atoms with Crippen molar-refractivity contribution in [3.63, 3.8) is 0 Å². The zero-order valence-corrected chi connectivity index (χ0v) is 20.2. The third-order valence-corrected chi connectivity index (χ3v) is 6.66. The number of hydrogen-bond donors (Lipinski definition) is 0. The molecule has 1 aromatic heterocycles. The van der Waals surface area contributed by atoms with Crippen molar-refractivity contribution in [1.29, 1.82) is 0 Å². The van der Waals surface area contributed by atoms with Gasteiger partial charge in [0.15, 0.2) is 0 Å². The smallest absolute Gasteiger partial charge is 0.227 e.